The SMILES string of the molecule is Cn1cc([N+](=O)[O-])c(C(=O)/C=C/CC(F)(F)F)n1. The fourth-order valence-corrected chi connectivity index (χ4v) is 1.16. The van der Waals surface area contributed by atoms with Crippen LogP contribution in [0.3, 0.4) is 0 Å². The minimum atomic E-state index is -4.42. The van der Waals surface area contributed by atoms with E-state index in [2.05, 4.69) is 5.10 Å². The first-order valence-corrected chi connectivity index (χ1v) is 4.66. The van der Waals surface area contributed by atoms with Crippen LogP contribution < -0.4 is 0 Å². The van der Waals surface area contributed by atoms with E-state index in [4.69, 9.17) is 0 Å². The second kappa shape index (κ2) is 4.98. The summed E-state index contributed by atoms with van der Waals surface area (Å²) in [6, 6.07) is 0. The molecule has 0 aliphatic heterocycles. The van der Waals surface area contributed by atoms with Gasteiger partial charge in [-0.2, -0.15) is 18.3 Å². The van der Waals surface area contributed by atoms with E-state index in [0.717, 1.165) is 10.9 Å². The molecule has 0 amide bonds. The van der Waals surface area contributed by atoms with E-state index < -0.39 is 34.7 Å². The summed E-state index contributed by atoms with van der Waals surface area (Å²) in [4.78, 5) is 21.2. The van der Waals surface area contributed by atoms with E-state index in [0.29, 0.717) is 12.2 Å². The van der Waals surface area contributed by atoms with Crippen molar-refractivity contribution in [3.8, 4) is 0 Å². The largest absolute Gasteiger partial charge is 0.392 e. The summed E-state index contributed by atoms with van der Waals surface area (Å²) in [5.41, 5.74) is -1.03. The van der Waals surface area contributed by atoms with E-state index in [1.807, 2.05) is 0 Å². The Bertz CT molecular complexity index is 505. The van der Waals surface area contributed by atoms with Gasteiger partial charge in [0.05, 0.1) is 11.3 Å². The first kappa shape index (κ1) is 13.9. The van der Waals surface area contributed by atoms with Gasteiger partial charge in [0.15, 0.2) is 0 Å². The van der Waals surface area contributed by atoms with Crippen LogP contribution >= 0.6 is 0 Å². The van der Waals surface area contributed by atoms with E-state index >= 15 is 0 Å². The van der Waals surface area contributed by atoms with Crippen LogP contribution in [0.15, 0.2) is 18.3 Å². The van der Waals surface area contributed by atoms with Crippen molar-refractivity contribution in [2.75, 3.05) is 0 Å². The maximum atomic E-state index is 11.8. The number of carbonyl (C=O) groups is 1. The summed E-state index contributed by atoms with van der Waals surface area (Å²) < 4.78 is 36.5. The van der Waals surface area contributed by atoms with Crippen molar-refractivity contribution < 1.29 is 22.9 Å². The van der Waals surface area contributed by atoms with Crippen LogP contribution in [-0.2, 0) is 7.05 Å². The van der Waals surface area contributed by atoms with Gasteiger partial charge in [-0.15, -0.1) is 0 Å². The zero-order chi connectivity index (χ0) is 13.9. The molecular formula is C9H8F3N3O3. The molecule has 0 N–H and O–H groups in total. The predicted octanol–water partition coefficient (Wildman–Crippen LogP) is 2.02. The number of carbonyl (C=O) groups excluding carboxylic acids is 1. The summed E-state index contributed by atoms with van der Waals surface area (Å²) in [7, 11) is 1.36. The van der Waals surface area contributed by atoms with Crippen molar-refractivity contribution in [2.24, 2.45) is 7.05 Å². The Balaban J connectivity index is 2.88. The molecule has 18 heavy (non-hydrogen) atoms. The molecule has 0 aliphatic carbocycles. The zero-order valence-electron chi connectivity index (χ0n) is 9.14. The fourth-order valence-electron chi connectivity index (χ4n) is 1.16. The Labute approximate surface area is 98.8 Å². The smallest absolute Gasteiger partial charge is 0.287 e. The Hall–Kier alpha value is -2.19. The van der Waals surface area contributed by atoms with Gasteiger partial charge in [0.2, 0.25) is 11.5 Å². The molecule has 6 nitrogen and oxygen atoms in total. The van der Waals surface area contributed by atoms with Crippen LogP contribution in [-0.4, -0.2) is 26.7 Å². The van der Waals surface area contributed by atoms with Gasteiger partial charge in [0.25, 0.3) is 0 Å². The Morgan fingerprint density at radius 3 is 2.72 bits per heavy atom. The highest BCUT2D eigenvalue weighted by Crippen LogP contribution is 2.21. The molecule has 1 heterocycles. The standard InChI is InChI=1S/C9H8F3N3O3/c1-14-5-6(15(17)18)8(13-14)7(16)3-2-4-9(10,11)12/h2-3,5H,4H2,1H3/b3-2+. The lowest BCUT2D eigenvalue weighted by Gasteiger charge is -1.99. The highest BCUT2D eigenvalue weighted by molar-refractivity contribution is 6.05. The van der Waals surface area contributed by atoms with Gasteiger partial charge in [-0.05, 0) is 6.08 Å². The summed E-state index contributed by atoms with van der Waals surface area (Å²) in [5.74, 6) is -0.938. The van der Waals surface area contributed by atoms with Gasteiger partial charge in [-0.3, -0.25) is 19.6 Å². The van der Waals surface area contributed by atoms with E-state index in [1.165, 1.54) is 7.05 Å². The van der Waals surface area contributed by atoms with Gasteiger partial charge in [-0.25, -0.2) is 0 Å². The molecule has 0 fully saturated rings. The zero-order valence-corrected chi connectivity index (χ0v) is 9.14. The van der Waals surface area contributed by atoms with E-state index in [1.54, 1.807) is 0 Å². The van der Waals surface area contributed by atoms with Crippen LogP contribution in [0.1, 0.15) is 16.9 Å². The molecule has 0 spiro atoms. The molecule has 0 saturated heterocycles. The molecule has 0 bridgehead atoms. The van der Waals surface area contributed by atoms with Crippen molar-refractivity contribution in [1.82, 2.24) is 9.78 Å². The minimum Gasteiger partial charge on any atom is -0.287 e. The quantitative estimate of drug-likeness (QED) is 0.360. The summed E-state index contributed by atoms with van der Waals surface area (Å²) in [6.07, 6.45) is -3.47. The lowest BCUT2D eigenvalue weighted by Crippen LogP contribution is -2.05. The molecule has 1 aromatic rings. The summed E-state index contributed by atoms with van der Waals surface area (Å²) in [6.45, 7) is 0. The summed E-state index contributed by atoms with van der Waals surface area (Å²) >= 11 is 0. The van der Waals surface area contributed by atoms with Crippen LogP contribution in [0.25, 0.3) is 0 Å². The normalized spacial score (nSPS) is 12.0. The van der Waals surface area contributed by atoms with Gasteiger partial charge >= 0.3 is 11.9 Å². The molecule has 98 valence electrons. The van der Waals surface area contributed by atoms with E-state index in [-0.39, 0.29) is 0 Å². The average molecular weight is 263 g/mol. The number of halogens is 3. The topological polar surface area (TPSA) is 78.0 Å². The molecule has 0 radical (unpaired) electrons. The van der Waals surface area contributed by atoms with Crippen LogP contribution in [0, 0.1) is 10.1 Å². The summed E-state index contributed by atoms with van der Waals surface area (Å²) in [5, 5.41) is 14.1. The molecule has 0 atom stereocenters. The van der Waals surface area contributed by atoms with Crippen molar-refractivity contribution >= 4 is 11.5 Å². The Morgan fingerprint density at radius 1 is 1.61 bits per heavy atom. The third kappa shape index (κ3) is 3.68. The predicted molar refractivity (Wildman–Crippen MR) is 54.0 cm³/mol. The molecule has 0 saturated carbocycles. The fraction of sp³-hybridized carbons (Fsp3) is 0.333. The highest BCUT2D eigenvalue weighted by Gasteiger charge is 2.26. The molecule has 0 aliphatic rings. The third-order valence-corrected chi connectivity index (χ3v) is 1.86. The number of ketones is 1. The van der Waals surface area contributed by atoms with Crippen LogP contribution in [0.2, 0.25) is 0 Å². The third-order valence-electron chi connectivity index (χ3n) is 1.86. The monoisotopic (exact) mass is 263 g/mol. The van der Waals surface area contributed by atoms with Gasteiger partial charge in [-0.1, -0.05) is 6.08 Å². The lowest BCUT2D eigenvalue weighted by molar-refractivity contribution is -0.385. The van der Waals surface area contributed by atoms with E-state index in [9.17, 15) is 28.1 Å². The van der Waals surface area contributed by atoms with Gasteiger partial charge < -0.3 is 0 Å². The lowest BCUT2D eigenvalue weighted by atomic mass is 10.2. The molecular weight excluding hydrogens is 255 g/mol. The van der Waals surface area contributed by atoms with Crippen LogP contribution in [0.4, 0.5) is 18.9 Å². The maximum Gasteiger partial charge on any atom is 0.392 e. The number of nitrogens with zero attached hydrogens (tertiary/aromatic N) is 3. The number of nitro groups is 1. The number of hydrogen-bond donors (Lipinski definition) is 0. The number of aromatic nitrogens is 2. The van der Waals surface area contributed by atoms with Gasteiger partial charge in [0.1, 0.15) is 6.20 Å². The number of hydrogen-bond acceptors (Lipinski definition) is 4. The van der Waals surface area contributed by atoms with Crippen molar-refractivity contribution in [2.45, 2.75) is 12.6 Å². The van der Waals surface area contributed by atoms with Crippen LogP contribution in [0.5, 0.6) is 0 Å². The molecule has 1 rings (SSSR count). The van der Waals surface area contributed by atoms with Crippen molar-refractivity contribution in [3.63, 3.8) is 0 Å². The number of aryl methyl sites for hydroxylation is 1. The highest BCUT2D eigenvalue weighted by atomic mass is 19.4. The molecule has 9 heteroatoms. The Morgan fingerprint density at radius 2 is 2.22 bits per heavy atom. The van der Waals surface area contributed by atoms with Crippen molar-refractivity contribution in [1.29, 1.82) is 0 Å². The first-order valence-electron chi connectivity index (χ1n) is 4.66. The molecule has 1 aromatic heterocycles. The average Bonchev–Trinajstić information content (AvgIpc) is 2.58. The number of alkyl halides is 3. The van der Waals surface area contributed by atoms with Gasteiger partial charge in [0, 0.05) is 7.05 Å². The maximum absolute atomic E-state index is 11.8. The second-order valence-corrected chi connectivity index (χ2v) is 3.38. The Kier molecular flexibility index (Phi) is 3.84. The molecule has 0 aromatic carbocycles. The second-order valence-electron chi connectivity index (χ2n) is 3.38. The number of rotatable bonds is 4. The first-order chi connectivity index (χ1) is 8.20. The number of allylic oxidation sites excluding steroid dienone is 2. The molecule has 0 unspecified atom stereocenters. The van der Waals surface area contributed by atoms with Crippen molar-refractivity contribution in [3.05, 3.63) is 34.2 Å². The minimum absolute atomic E-state index is 0.485.